The van der Waals surface area contributed by atoms with Crippen LogP contribution in [0.5, 0.6) is 0 Å². The number of carbonyl (C=O) groups excluding carboxylic acids is 1. The summed E-state index contributed by atoms with van der Waals surface area (Å²) in [5.41, 5.74) is 1.18. The fourth-order valence-corrected chi connectivity index (χ4v) is 3.01. The van der Waals surface area contributed by atoms with Crippen LogP contribution in [0.3, 0.4) is 0 Å². The highest BCUT2D eigenvalue weighted by molar-refractivity contribution is 5.80. The summed E-state index contributed by atoms with van der Waals surface area (Å²) in [4.78, 5) is 13.3. The summed E-state index contributed by atoms with van der Waals surface area (Å²) in [5.74, 6) is -0.420. The molecule has 17 heavy (non-hydrogen) atoms. The van der Waals surface area contributed by atoms with E-state index in [9.17, 15) is 13.6 Å². The Hall–Kier alpha value is -1.45. The average Bonchev–Trinajstić information content (AvgIpc) is 2.68. The van der Waals surface area contributed by atoms with Gasteiger partial charge in [0.1, 0.15) is 12.0 Å². The lowest BCUT2D eigenvalue weighted by Crippen LogP contribution is -2.42. The van der Waals surface area contributed by atoms with E-state index in [1.807, 2.05) is 0 Å². The van der Waals surface area contributed by atoms with Crippen LogP contribution in [0, 0.1) is 5.82 Å². The molecular formula is C13H13F2NO. The molecule has 1 aromatic rings. The van der Waals surface area contributed by atoms with Crippen LogP contribution in [0.4, 0.5) is 8.78 Å². The van der Waals surface area contributed by atoms with Gasteiger partial charge >= 0.3 is 0 Å². The first-order chi connectivity index (χ1) is 8.09. The third-order valence-electron chi connectivity index (χ3n) is 3.82. The van der Waals surface area contributed by atoms with Gasteiger partial charge in [0.25, 0.3) is 0 Å². The molecule has 1 amide bonds. The van der Waals surface area contributed by atoms with E-state index < -0.39 is 18.0 Å². The Bertz CT molecular complexity index is 488. The monoisotopic (exact) mass is 237 g/mol. The van der Waals surface area contributed by atoms with Gasteiger partial charge in [-0.1, -0.05) is 6.07 Å². The van der Waals surface area contributed by atoms with Gasteiger partial charge in [0.05, 0.1) is 12.1 Å². The van der Waals surface area contributed by atoms with Crippen molar-refractivity contribution in [2.24, 2.45) is 0 Å². The molecule has 3 rings (SSSR count). The summed E-state index contributed by atoms with van der Waals surface area (Å²) in [5, 5.41) is 0. The van der Waals surface area contributed by atoms with Gasteiger partial charge in [-0.3, -0.25) is 4.79 Å². The van der Waals surface area contributed by atoms with Crippen molar-refractivity contribution < 1.29 is 13.6 Å². The van der Waals surface area contributed by atoms with Crippen molar-refractivity contribution in [1.82, 2.24) is 4.90 Å². The van der Waals surface area contributed by atoms with Crippen LogP contribution < -0.4 is 0 Å². The van der Waals surface area contributed by atoms with Gasteiger partial charge < -0.3 is 4.90 Å². The molecule has 3 unspecified atom stereocenters. The molecule has 2 aliphatic heterocycles. The third-order valence-corrected chi connectivity index (χ3v) is 3.82. The molecule has 3 atom stereocenters. The van der Waals surface area contributed by atoms with Gasteiger partial charge in [-0.2, -0.15) is 0 Å². The van der Waals surface area contributed by atoms with E-state index in [1.165, 1.54) is 12.1 Å². The first-order valence-corrected chi connectivity index (χ1v) is 5.84. The highest BCUT2D eigenvalue weighted by Gasteiger charge is 2.44. The molecule has 90 valence electrons. The number of amides is 1. The molecule has 0 saturated carbocycles. The Morgan fingerprint density at radius 1 is 1.35 bits per heavy atom. The SMILES string of the molecule is CC1C(F)c2cc(F)ccc2C2CCC(=O)N21. The molecule has 0 N–H and O–H groups in total. The Morgan fingerprint density at radius 2 is 2.12 bits per heavy atom. The van der Waals surface area contributed by atoms with E-state index >= 15 is 0 Å². The predicted octanol–water partition coefficient (Wildman–Crippen LogP) is 2.90. The summed E-state index contributed by atoms with van der Waals surface area (Å²) in [6.45, 7) is 1.69. The van der Waals surface area contributed by atoms with Crippen LogP contribution in [-0.2, 0) is 4.79 Å². The normalized spacial score (nSPS) is 31.4. The molecule has 0 aliphatic carbocycles. The van der Waals surface area contributed by atoms with E-state index in [2.05, 4.69) is 0 Å². The number of fused-ring (bicyclic) bond motifs is 3. The summed E-state index contributed by atoms with van der Waals surface area (Å²) < 4.78 is 27.4. The van der Waals surface area contributed by atoms with E-state index in [1.54, 1.807) is 17.9 Å². The standard InChI is InChI=1S/C13H13F2NO/c1-7-13(15)10-6-8(14)2-3-9(10)11-4-5-12(17)16(7)11/h2-3,6-7,11,13H,4-5H2,1H3. The zero-order chi connectivity index (χ0) is 12.2. The molecule has 0 bridgehead atoms. The zero-order valence-corrected chi connectivity index (χ0v) is 9.49. The van der Waals surface area contributed by atoms with E-state index in [-0.39, 0.29) is 11.9 Å². The minimum Gasteiger partial charge on any atom is -0.330 e. The fraction of sp³-hybridized carbons (Fsp3) is 0.462. The fourth-order valence-electron chi connectivity index (χ4n) is 3.01. The highest BCUT2D eigenvalue weighted by Crippen LogP contribution is 2.46. The Balaban J connectivity index is 2.15. The zero-order valence-electron chi connectivity index (χ0n) is 9.49. The van der Waals surface area contributed by atoms with Crippen LogP contribution in [0.15, 0.2) is 18.2 Å². The van der Waals surface area contributed by atoms with Gasteiger partial charge in [-0.05, 0) is 36.6 Å². The van der Waals surface area contributed by atoms with Crippen LogP contribution in [-0.4, -0.2) is 16.8 Å². The molecule has 0 radical (unpaired) electrons. The van der Waals surface area contributed by atoms with Crippen LogP contribution in [0.25, 0.3) is 0 Å². The van der Waals surface area contributed by atoms with Crippen LogP contribution in [0.2, 0.25) is 0 Å². The lowest BCUT2D eigenvalue weighted by atomic mass is 9.88. The second-order valence-corrected chi connectivity index (χ2v) is 4.77. The van der Waals surface area contributed by atoms with Crippen molar-refractivity contribution in [2.75, 3.05) is 0 Å². The number of halogens is 2. The highest BCUT2D eigenvalue weighted by atomic mass is 19.1. The smallest absolute Gasteiger partial charge is 0.223 e. The summed E-state index contributed by atoms with van der Waals surface area (Å²) in [7, 11) is 0. The molecule has 2 nitrogen and oxygen atoms in total. The number of hydrogen-bond donors (Lipinski definition) is 0. The topological polar surface area (TPSA) is 20.3 Å². The maximum atomic E-state index is 14.2. The number of nitrogens with zero attached hydrogens (tertiary/aromatic N) is 1. The summed E-state index contributed by atoms with van der Waals surface area (Å²) in [6, 6.07) is 3.64. The lowest BCUT2D eigenvalue weighted by Gasteiger charge is -2.39. The van der Waals surface area contributed by atoms with Crippen molar-refractivity contribution in [3.63, 3.8) is 0 Å². The van der Waals surface area contributed by atoms with Gasteiger partial charge in [0.15, 0.2) is 0 Å². The average molecular weight is 237 g/mol. The first-order valence-electron chi connectivity index (χ1n) is 5.84. The van der Waals surface area contributed by atoms with Gasteiger partial charge in [-0.15, -0.1) is 0 Å². The van der Waals surface area contributed by atoms with Crippen LogP contribution >= 0.6 is 0 Å². The van der Waals surface area contributed by atoms with Crippen molar-refractivity contribution in [3.8, 4) is 0 Å². The Kier molecular flexibility index (Phi) is 2.21. The number of rotatable bonds is 0. The van der Waals surface area contributed by atoms with Gasteiger partial charge in [0, 0.05) is 6.42 Å². The van der Waals surface area contributed by atoms with Crippen molar-refractivity contribution in [3.05, 3.63) is 35.1 Å². The van der Waals surface area contributed by atoms with Crippen molar-refractivity contribution in [1.29, 1.82) is 0 Å². The van der Waals surface area contributed by atoms with Crippen molar-refractivity contribution in [2.45, 2.75) is 38.0 Å². The van der Waals surface area contributed by atoms with E-state index in [0.29, 0.717) is 18.4 Å². The molecule has 1 aromatic carbocycles. The lowest BCUT2D eigenvalue weighted by molar-refractivity contribution is -0.133. The number of alkyl halides is 1. The molecule has 1 saturated heterocycles. The number of hydrogen-bond acceptors (Lipinski definition) is 1. The Labute approximate surface area is 98.2 Å². The summed E-state index contributed by atoms with van der Waals surface area (Å²) >= 11 is 0. The predicted molar refractivity (Wildman–Crippen MR) is 58.5 cm³/mol. The second kappa shape index (κ2) is 3.52. The quantitative estimate of drug-likeness (QED) is 0.679. The molecule has 2 heterocycles. The van der Waals surface area contributed by atoms with Crippen LogP contribution in [0.1, 0.15) is 43.1 Å². The molecule has 0 aromatic heterocycles. The minimum absolute atomic E-state index is 0.000116. The molecule has 1 fully saturated rings. The largest absolute Gasteiger partial charge is 0.330 e. The summed E-state index contributed by atoms with van der Waals surface area (Å²) in [6.07, 6.45) is -0.133. The second-order valence-electron chi connectivity index (χ2n) is 4.77. The van der Waals surface area contributed by atoms with Gasteiger partial charge in [-0.25, -0.2) is 8.78 Å². The molecular weight excluding hydrogens is 224 g/mol. The Morgan fingerprint density at radius 3 is 2.88 bits per heavy atom. The minimum atomic E-state index is -1.29. The number of carbonyl (C=O) groups is 1. The number of benzene rings is 1. The molecule has 4 heteroatoms. The first kappa shape index (κ1) is 10.7. The van der Waals surface area contributed by atoms with Gasteiger partial charge in [0.2, 0.25) is 5.91 Å². The van der Waals surface area contributed by atoms with Crippen molar-refractivity contribution >= 4 is 5.91 Å². The molecule has 0 spiro atoms. The maximum Gasteiger partial charge on any atom is 0.223 e. The van der Waals surface area contributed by atoms with E-state index in [0.717, 1.165) is 5.56 Å². The third kappa shape index (κ3) is 1.39. The maximum absolute atomic E-state index is 14.2. The molecule has 2 aliphatic rings. The van der Waals surface area contributed by atoms with E-state index in [4.69, 9.17) is 0 Å².